The number of aliphatic hydroxyl groups excluding tert-OH is 1. The lowest BCUT2D eigenvalue weighted by molar-refractivity contribution is -0.141. The number of aliphatic hydroxyl groups is 1. The van der Waals surface area contributed by atoms with Crippen molar-refractivity contribution >= 4 is 11.9 Å². The van der Waals surface area contributed by atoms with E-state index in [9.17, 15) is 14.7 Å². The number of hydrogen-bond donors (Lipinski definition) is 2. The molecule has 1 fully saturated rings. The summed E-state index contributed by atoms with van der Waals surface area (Å²) in [4.78, 5) is 24.9. The van der Waals surface area contributed by atoms with Gasteiger partial charge in [-0.05, 0) is 19.1 Å². The molecule has 2 N–H and O–H groups in total. The van der Waals surface area contributed by atoms with Crippen molar-refractivity contribution in [3.05, 3.63) is 29.3 Å². The van der Waals surface area contributed by atoms with Gasteiger partial charge in [0, 0.05) is 13.0 Å². The van der Waals surface area contributed by atoms with Gasteiger partial charge in [0.05, 0.1) is 18.8 Å². The monoisotopic (exact) mass is 279 g/mol. The molecule has 0 unspecified atom stereocenters. The van der Waals surface area contributed by atoms with Gasteiger partial charge in [0.1, 0.15) is 11.8 Å². The number of likely N-dealkylation sites (tertiary alicyclic amines) is 1. The molecule has 1 aliphatic heterocycles. The van der Waals surface area contributed by atoms with E-state index in [1.807, 2.05) is 13.0 Å². The molecule has 2 rings (SSSR count). The number of aryl methyl sites for hydroxylation is 1. The highest BCUT2D eigenvalue weighted by atomic mass is 16.5. The molecule has 6 heteroatoms. The van der Waals surface area contributed by atoms with Crippen LogP contribution in [-0.4, -0.2) is 52.8 Å². The summed E-state index contributed by atoms with van der Waals surface area (Å²) in [6, 6.07) is 4.14. The number of carboxylic acid groups (broad SMARTS) is 1. The van der Waals surface area contributed by atoms with Crippen LogP contribution >= 0.6 is 0 Å². The second-order valence-electron chi connectivity index (χ2n) is 4.90. The largest absolute Gasteiger partial charge is 0.496 e. The normalized spacial score (nSPS) is 21.9. The van der Waals surface area contributed by atoms with Crippen molar-refractivity contribution in [3.8, 4) is 5.75 Å². The molecule has 1 aliphatic rings. The van der Waals surface area contributed by atoms with E-state index < -0.39 is 24.0 Å². The van der Waals surface area contributed by atoms with E-state index in [1.165, 1.54) is 12.0 Å². The van der Waals surface area contributed by atoms with Gasteiger partial charge < -0.3 is 19.8 Å². The van der Waals surface area contributed by atoms with Crippen LogP contribution in [0.4, 0.5) is 0 Å². The Hall–Kier alpha value is -2.08. The maximum absolute atomic E-state index is 12.5. The van der Waals surface area contributed by atoms with Crippen LogP contribution in [0.5, 0.6) is 5.75 Å². The number of rotatable bonds is 3. The second-order valence-corrected chi connectivity index (χ2v) is 4.90. The first-order chi connectivity index (χ1) is 9.43. The Morgan fingerprint density at radius 1 is 1.40 bits per heavy atom. The Labute approximate surface area is 116 Å². The fourth-order valence-corrected chi connectivity index (χ4v) is 2.42. The standard InChI is InChI=1S/C14H17NO5/c1-8-3-4-12(20-2)10(5-8)13(17)15-7-9(16)6-11(15)14(18)19/h3-5,9,11,16H,6-7H2,1-2H3,(H,18,19)/t9-,11+/m1/s1. The highest BCUT2D eigenvalue weighted by molar-refractivity contribution is 5.99. The van der Waals surface area contributed by atoms with Crippen molar-refractivity contribution in [1.29, 1.82) is 0 Å². The van der Waals surface area contributed by atoms with Gasteiger partial charge >= 0.3 is 5.97 Å². The highest BCUT2D eigenvalue weighted by Crippen LogP contribution is 2.26. The zero-order valence-electron chi connectivity index (χ0n) is 11.4. The molecule has 1 aromatic rings. The van der Waals surface area contributed by atoms with Crippen LogP contribution in [0.2, 0.25) is 0 Å². The molecule has 0 saturated carbocycles. The number of methoxy groups -OCH3 is 1. The third-order valence-electron chi connectivity index (χ3n) is 3.41. The average molecular weight is 279 g/mol. The zero-order valence-corrected chi connectivity index (χ0v) is 11.4. The third-order valence-corrected chi connectivity index (χ3v) is 3.41. The SMILES string of the molecule is COc1ccc(C)cc1C(=O)N1C[C@H](O)C[C@H]1C(=O)O. The van der Waals surface area contributed by atoms with Gasteiger partial charge in [0.15, 0.2) is 0 Å². The molecule has 0 spiro atoms. The minimum absolute atomic E-state index is 0.0207. The van der Waals surface area contributed by atoms with Crippen molar-refractivity contribution in [2.45, 2.75) is 25.5 Å². The number of amides is 1. The number of hydrogen-bond acceptors (Lipinski definition) is 4. The summed E-state index contributed by atoms with van der Waals surface area (Å²) in [7, 11) is 1.45. The van der Waals surface area contributed by atoms with E-state index in [2.05, 4.69) is 0 Å². The number of carbonyl (C=O) groups excluding carboxylic acids is 1. The van der Waals surface area contributed by atoms with Crippen LogP contribution in [0.15, 0.2) is 18.2 Å². The quantitative estimate of drug-likeness (QED) is 0.849. The van der Waals surface area contributed by atoms with Gasteiger partial charge in [0.25, 0.3) is 5.91 Å². The maximum atomic E-state index is 12.5. The topological polar surface area (TPSA) is 87.1 Å². The molecular formula is C14H17NO5. The molecule has 1 saturated heterocycles. The molecule has 0 aromatic heterocycles. The van der Waals surface area contributed by atoms with Gasteiger partial charge in [-0.15, -0.1) is 0 Å². The van der Waals surface area contributed by atoms with E-state index in [-0.39, 0.29) is 13.0 Å². The van der Waals surface area contributed by atoms with Crippen LogP contribution in [0, 0.1) is 6.92 Å². The van der Waals surface area contributed by atoms with Crippen LogP contribution in [0.3, 0.4) is 0 Å². The zero-order chi connectivity index (χ0) is 14.9. The Kier molecular flexibility index (Phi) is 3.94. The third kappa shape index (κ3) is 2.60. The molecule has 1 heterocycles. The Bertz CT molecular complexity index is 542. The molecule has 1 amide bonds. The predicted octanol–water partition coefficient (Wildman–Crippen LogP) is 0.664. The number of carbonyl (C=O) groups is 2. The molecule has 20 heavy (non-hydrogen) atoms. The summed E-state index contributed by atoms with van der Waals surface area (Å²) in [6.07, 6.45) is -0.759. The van der Waals surface area contributed by atoms with E-state index in [1.54, 1.807) is 12.1 Å². The Morgan fingerprint density at radius 2 is 2.10 bits per heavy atom. The molecule has 2 atom stereocenters. The van der Waals surface area contributed by atoms with E-state index in [0.29, 0.717) is 11.3 Å². The van der Waals surface area contributed by atoms with Crippen molar-refractivity contribution in [2.75, 3.05) is 13.7 Å². The summed E-state index contributed by atoms with van der Waals surface area (Å²) in [5.74, 6) is -1.15. The molecule has 0 radical (unpaired) electrons. The lowest BCUT2D eigenvalue weighted by Gasteiger charge is -2.22. The maximum Gasteiger partial charge on any atom is 0.326 e. The smallest absolute Gasteiger partial charge is 0.326 e. The minimum Gasteiger partial charge on any atom is -0.496 e. The number of ether oxygens (including phenoxy) is 1. The van der Waals surface area contributed by atoms with Crippen LogP contribution < -0.4 is 4.74 Å². The van der Waals surface area contributed by atoms with Crippen LogP contribution in [-0.2, 0) is 4.79 Å². The first-order valence-electron chi connectivity index (χ1n) is 6.30. The van der Waals surface area contributed by atoms with Gasteiger partial charge in [-0.2, -0.15) is 0 Å². The van der Waals surface area contributed by atoms with Crippen LogP contribution in [0.25, 0.3) is 0 Å². The Morgan fingerprint density at radius 3 is 2.70 bits per heavy atom. The fraction of sp³-hybridized carbons (Fsp3) is 0.429. The summed E-state index contributed by atoms with van der Waals surface area (Å²) < 4.78 is 5.15. The minimum atomic E-state index is -1.11. The van der Waals surface area contributed by atoms with E-state index in [4.69, 9.17) is 9.84 Å². The van der Waals surface area contributed by atoms with Crippen molar-refractivity contribution in [2.24, 2.45) is 0 Å². The van der Waals surface area contributed by atoms with Crippen molar-refractivity contribution in [3.63, 3.8) is 0 Å². The predicted molar refractivity (Wildman–Crippen MR) is 70.8 cm³/mol. The lowest BCUT2D eigenvalue weighted by Crippen LogP contribution is -2.40. The molecule has 0 bridgehead atoms. The molecule has 0 aliphatic carbocycles. The molecule has 1 aromatic carbocycles. The summed E-state index contributed by atoms with van der Waals surface area (Å²) >= 11 is 0. The fourth-order valence-electron chi connectivity index (χ4n) is 2.42. The van der Waals surface area contributed by atoms with E-state index >= 15 is 0 Å². The molecular weight excluding hydrogens is 262 g/mol. The molecule has 6 nitrogen and oxygen atoms in total. The number of carboxylic acids is 1. The number of benzene rings is 1. The summed E-state index contributed by atoms with van der Waals surface area (Å²) in [5, 5.41) is 18.7. The second kappa shape index (κ2) is 5.50. The van der Waals surface area contributed by atoms with Gasteiger partial charge in [-0.3, -0.25) is 4.79 Å². The molecule has 108 valence electrons. The summed E-state index contributed by atoms with van der Waals surface area (Å²) in [6.45, 7) is 1.86. The number of aliphatic carboxylic acids is 1. The van der Waals surface area contributed by atoms with Crippen LogP contribution in [0.1, 0.15) is 22.3 Å². The van der Waals surface area contributed by atoms with E-state index in [0.717, 1.165) is 5.56 Å². The summed E-state index contributed by atoms with van der Waals surface area (Å²) in [5.41, 5.74) is 1.19. The van der Waals surface area contributed by atoms with Gasteiger partial charge in [-0.25, -0.2) is 4.79 Å². The first-order valence-corrected chi connectivity index (χ1v) is 6.30. The average Bonchev–Trinajstić information content (AvgIpc) is 2.80. The van der Waals surface area contributed by atoms with Crippen molar-refractivity contribution < 1.29 is 24.5 Å². The van der Waals surface area contributed by atoms with Gasteiger partial charge in [-0.1, -0.05) is 11.6 Å². The number of nitrogens with zero attached hydrogens (tertiary/aromatic N) is 1. The highest BCUT2D eigenvalue weighted by Gasteiger charge is 2.39. The lowest BCUT2D eigenvalue weighted by atomic mass is 10.1. The van der Waals surface area contributed by atoms with Crippen molar-refractivity contribution in [1.82, 2.24) is 4.90 Å². The first kappa shape index (κ1) is 14.3. The number of β-amino-alcohol motifs (C(OH)–C–C–N with tert-alkyl or cyclic N) is 1. The van der Waals surface area contributed by atoms with Gasteiger partial charge in [0.2, 0.25) is 0 Å². The Balaban J connectivity index is 2.35.